The average Bonchev–Trinajstić information content (AvgIpc) is 1.11. The van der Waals surface area contributed by atoms with Gasteiger partial charge in [-0.15, -0.1) is 0 Å². The summed E-state index contributed by atoms with van der Waals surface area (Å²) >= 11 is 0. The fourth-order valence-corrected chi connectivity index (χ4v) is 19.0. The number of halogens is 3. The predicted molar refractivity (Wildman–Crippen MR) is 396 cm³/mol. The Morgan fingerprint density at radius 3 is 1.92 bits per heavy atom. The molecule has 4 saturated carbocycles. The van der Waals surface area contributed by atoms with Crippen LogP contribution >= 0.6 is 0 Å². The number of hydrogen-bond donors (Lipinski definition) is 3. The highest BCUT2D eigenvalue weighted by Crippen LogP contribution is 2.50. The minimum atomic E-state index is -4.51. The molecule has 4 heterocycles. The normalized spacial score (nSPS) is 33.0. The van der Waals surface area contributed by atoms with Gasteiger partial charge in [-0.2, -0.15) is 13.2 Å². The first-order valence-electron chi connectivity index (χ1n) is 39.8. The van der Waals surface area contributed by atoms with Crippen LogP contribution in [0.25, 0.3) is 0 Å². The largest absolute Gasteiger partial charge is 0.394 e. The molecule has 3 saturated heterocycles. The number of ether oxygens (including phenoxy) is 1. The van der Waals surface area contributed by atoms with E-state index < -0.39 is 179 Å². The van der Waals surface area contributed by atoms with Crippen LogP contribution < -0.4 is 16.0 Å². The number of hydrogen-bond acceptors (Lipinski definition) is 13. The molecular weight excluding hydrogens is 1380 g/mol. The predicted octanol–water partition coefficient (Wildman–Crippen LogP) is 6.94. The zero-order chi connectivity index (χ0) is 79.1. The number of likely N-dealkylation sites (N-methyl/N-ethyl adjacent to an activating group) is 6. The van der Waals surface area contributed by atoms with Gasteiger partial charge in [-0.05, 0) is 150 Å². The number of nitrogens with one attached hydrogen (secondary N) is 3. The molecule has 12 amide bonds. The smallest absolute Gasteiger partial charge is 0.381 e. The molecule has 0 aromatic heterocycles. The Balaban J connectivity index is 1.21. The lowest BCUT2D eigenvalue weighted by Gasteiger charge is -2.54. The summed E-state index contributed by atoms with van der Waals surface area (Å²) in [7, 11) is 11.6. The summed E-state index contributed by atoms with van der Waals surface area (Å²) in [5.41, 5.74) is -2.10. The highest BCUT2D eigenvalue weighted by molar-refractivity contribution is 6.01. The number of nitrogens with zero attached hydrogens (tertiary/aromatic N) is 9. The second kappa shape index (κ2) is 36.3. The van der Waals surface area contributed by atoms with Crippen molar-refractivity contribution >= 4 is 70.9 Å². The lowest BCUT2D eigenvalue weighted by atomic mass is 9.58. The highest BCUT2D eigenvalue weighted by atomic mass is 19.4. The number of fused-ring (bicyclic) bond motifs is 4. The molecular formula is C79H127F3N12O13. The molecule has 0 aromatic carbocycles. The number of methoxy groups -OCH3 is 1. The molecule has 0 radical (unpaired) electrons. The first kappa shape index (κ1) is 85.7. The van der Waals surface area contributed by atoms with Crippen molar-refractivity contribution in [3.8, 4) is 0 Å². The van der Waals surface area contributed by atoms with Crippen molar-refractivity contribution < 1.29 is 75.4 Å². The summed E-state index contributed by atoms with van der Waals surface area (Å²) in [4.78, 5) is 196. The maximum Gasteiger partial charge on any atom is 0.394 e. The van der Waals surface area contributed by atoms with Gasteiger partial charge in [0.2, 0.25) is 70.9 Å². The summed E-state index contributed by atoms with van der Waals surface area (Å²) in [6.45, 7) is 15.1. The van der Waals surface area contributed by atoms with Crippen LogP contribution in [0.1, 0.15) is 209 Å². The highest BCUT2D eigenvalue weighted by Gasteiger charge is 2.60. The van der Waals surface area contributed by atoms with Crippen molar-refractivity contribution in [2.45, 2.75) is 282 Å². The quantitative estimate of drug-likeness (QED) is 0.167. The first-order chi connectivity index (χ1) is 50.2. The monoisotopic (exact) mass is 1510 g/mol. The van der Waals surface area contributed by atoms with Gasteiger partial charge in [0.25, 0.3) is 0 Å². The standard InChI is InChI=1S/C79H127F3N12O13/c1-17-50(6)65-74(104)92-37-23-27-57(92)72(102)89(13)56-26-19-18-22-36-93(73(56)103)61(40-51-30-28-48(4)29-31-51)71(101)87(11)44-63(95)83-55(35-33-52-32-34-54(79(80,81)82)62(41-52)107-16)69(99)94-43-49(5)39-59(94)68(98)85-78(45-77(7,8)46-78)76(106)91(15)66(53-24-20-21-25-53)75(105)90(14)60(70(100)86(9)10)42-64(96)88(12)58(38-47(2)3)67(97)84-65/h18-19,47-62,65-66H,17,20-46H2,1-16H3,(H,83,95)(H,84,97)(H,85,98)/b19-18-/t48?,49-,50-,51?,52?,54?,55-,56-,57-,58-,59-,60-,61-,62?,65-,66-/m0/s1. The molecule has 3 N–H and O–H groups in total. The van der Waals surface area contributed by atoms with E-state index in [4.69, 9.17) is 4.74 Å². The van der Waals surface area contributed by atoms with Gasteiger partial charge in [0.05, 0.1) is 25.0 Å². The van der Waals surface area contributed by atoms with Gasteiger partial charge in [0.15, 0.2) is 0 Å². The molecule has 2 bridgehead atoms. The summed E-state index contributed by atoms with van der Waals surface area (Å²) in [6.07, 6.45) is 5.80. The molecule has 4 aliphatic heterocycles. The molecule has 0 aromatic rings. The van der Waals surface area contributed by atoms with E-state index in [1.54, 1.807) is 0 Å². The Morgan fingerprint density at radius 1 is 0.654 bits per heavy atom. The molecule has 8 rings (SSSR count). The van der Waals surface area contributed by atoms with E-state index in [9.17, 15) is 22.8 Å². The van der Waals surface area contributed by atoms with E-state index in [1.165, 1.54) is 101 Å². The van der Waals surface area contributed by atoms with Gasteiger partial charge in [0, 0.05) is 76.1 Å². The molecule has 3 unspecified atom stereocenters. The number of carbonyl (C=O) groups is 12. The number of alkyl halides is 3. The molecule has 8 aliphatic rings. The zero-order valence-corrected chi connectivity index (χ0v) is 66.8. The first-order valence-corrected chi connectivity index (χ1v) is 39.8. The maximum absolute atomic E-state index is 15.8. The third kappa shape index (κ3) is 20.2. The molecule has 1 spiro atoms. The van der Waals surface area contributed by atoms with Crippen molar-refractivity contribution in [3.05, 3.63) is 12.2 Å². The summed E-state index contributed by atoms with van der Waals surface area (Å²) in [6, 6.07) is -10.9. The van der Waals surface area contributed by atoms with E-state index in [2.05, 4.69) is 22.9 Å². The second-order valence-corrected chi connectivity index (χ2v) is 34.8. The second-order valence-electron chi connectivity index (χ2n) is 34.8. The van der Waals surface area contributed by atoms with Gasteiger partial charge in [0.1, 0.15) is 59.9 Å². The summed E-state index contributed by atoms with van der Waals surface area (Å²) < 4.78 is 48.4. The molecule has 107 heavy (non-hydrogen) atoms. The average molecular weight is 1510 g/mol. The van der Waals surface area contributed by atoms with Crippen LogP contribution in [0, 0.1) is 52.8 Å². The maximum atomic E-state index is 15.8. The van der Waals surface area contributed by atoms with Crippen LogP contribution in [-0.4, -0.2) is 270 Å². The minimum absolute atomic E-state index is 0.00752. The molecule has 25 nitrogen and oxygen atoms in total. The lowest BCUT2D eigenvalue weighted by Crippen LogP contribution is -2.71. The molecule has 28 heteroatoms. The van der Waals surface area contributed by atoms with Crippen molar-refractivity contribution in [1.82, 2.24) is 60.0 Å². The lowest BCUT2D eigenvalue weighted by molar-refractivity contribution is -0.215. The van der Waals surface area contributed by atoms with Crippen molar-refractivity contribution in [1.29, 1.82) is 0 Å². The van der Waals surface area contributed by atoms with E-state index in [0.29, 0.717) is 38.0 Å². The Morgan fingerprint density at radius 2 is 1.31 bits per heavy atom. The molecule has 4 aliphatic carbocycles. The third-order valence-corrected chi connectivity index (χ3v) is 25.3. The van der Waals surface area contributed by atoms with Gasteiger partial charge in [-0.3, -0.25) is 57.5 Å². The topological polar surface area (TPSA) is 279 Å². The fourth-order valence-electron chi connectivity index (χ4n) is 19.0. The fraction of sp³-hybridized carbons (Fsp3) is 0.823. The van der Waals surface area contributed by atoms with Crippen LogP contribution in [0.3, 0.4) is 0 Å². The van der Waals surface area contributed by atoms with E-state index >= 15 is 47.9 Å². The van der Waals surface area contributed by atoms with Crippen molar-refractivity contribution in [2.24, 2.45) is 52.8 Å². The Labute approximate surface area is 633 Å². The van der Waals surface area contributed by atoms with E-state index in [0.717, 1.165) is 38.5 Å². The Hall–Kier alpha value is -6.87. The Kier molecular flexibility index (Phi) is 29.1. The SMILES string of the molecule is CC[C@H](C)[C@@H]1NC(=O)[C@H](CC(C)C)N(C)C(=O)C[C@@H](C(=O)N(C)C)N(C)C(=O)[C@H](C2CCCC2)N(C)C(=O)C2(CC(C)(C)C2)NC(=O)[C@@H]2C[C@H](C)CN2C(=O)[C@H](CCC2CCC(C(F)(F)F)C(OC)C2)NC(=O)CN(C)C(=O)[C@H](CC2CCC(C)CC2)N2CC/C=C\C[C@@H](C2=O)N(C)C(=O)[C@@H]2CCCN2C1=O. The van der Waals surface area contributed by atoms with E-state index in [1.807, 2.05) is 60.6 Å². The van der Waals surface area contributed by atoms with Gasteiger partial charge in [-0.25, -0.2) is 0 Å². The van der Waals surface area contributed by atoms with E-state index in [-0.39, 0.29) is 120 Å². The zero-order valence-electron chi connectivity index (χ0n) is 66.8. The van der Waals surface area contributed by atoms with Crippen molar-refractivity contribution in [3.63, 3.8) is 0 Å². The third-order valence-electron chi connectivity index (χ3n) is 25.3. The number of amides is 12. The van der Waals surface area contributed by atoms with Crippen LogP contribution in [0.4, 0.5) is 13.2 Å². The number of carbonyl (C=O) groups excluding carboxylic acids is 12. The molecule has 7 fully saturated rings. The Bertz CT molecular complexity index is 3240. The van der Waals surface area contributed by atoms with Crippen molar-refractivity contribution in [2.75, 3.05) is 82.6 Å². The van der Waals surface area contributed by atoms with Crippen LogP contribution in [0.15, 0.2) is 12.2 Å². The molecule has 14 atom stereocenters. The van der Waals surface area contributed by atoms with Gasteiger partial charge >= 0.3 is 6.18 Å². The van der Waals surface area contributed by atoms with Crippen LogP contribution in [-0.2, 0) is 62.3 Å². The number of rotatable bonds is 12. The molecule has 602 valence electrons. The van der Waals surface area contributed by atoms with Crippen LogP contribution in [0.2, 0.25) is 0 Å². The summed E-state index contributed by atoms with van der Waals surface area (Å²) in [5, 5.41) is 9.04. The van der Waals surface area contributed by atoms with Crippen LogP contribution in [0.5, 0.6) is 0 Å². The summed E-state index contributed by atoms with van der Waals surface area (Å²) in [5.74, 6) is -10.3. The van der Waals surface area contributed by atoms with Gasteiger partial charge in [-0.1, -0.05) is 112 Å². The van der Waals surface area contributed by atoms with Gasteiger partial charge < -0.3 is 64.8 Å². The minimum Gasteiger partial charge on any atom is -0.381 e.